The van der Waals surface area contributed by atoms with Crippen molar-refractivity contribution in [2.75, 3.05) is 6.61 Å². The van der Waals surface area contributed by atoms with E-state index in [1.54, 1.807) is 0 Å². The van der Waals surface area contributed by atoms with Gasteiger partial charge in [0.1, 0.15) is 12.9 Å². The van der Waals surface area contributed by atoms with Crippen LogP contribution in [0.2, 0.25) is 0 Å². The van der Waals surface area contributed by atoms with E-state index >= 15 is 0 Å². The summed E-state index contributed by atoms with van der Waals surface area (Å²) in [6, 6.07) is 16.2. The Morgan fingerprint density at radius 2 is 1.62 bits per heavy atom. The number of alkyl carbamates (subject to hydrolysis) is 1. The molecule has 0 radical (unpaired) electrons. The normalized spacial score (nSPS) is 14.3. The van der Waals surface area contributed by atoms with Crippen LogP contribution < -0.4 is 5.32 Å². The van der Waals surface area contributed by atoms with E-state index in [0.29, 0.717) is 0 Å². The average molecular weight is 351 g/mol. The predicted molar refractivity (Wildman–Crippen MR) is 102 cm³/mol. The van der Waals surface area contributed by atoms with Gasteiger partial charge in [0.25, 0.3) is 0 Å². The van der Waals surface area contributed by atoms with Gasteiger partial charge in [0, 0.05) is 18.4 Å². The van der Waals surface area contributed by atoms with Crippen LogP contribution in [0.25, 0.3) is 11.1 Å². The minimum atomic E-state index is -0.478. The molecule has 0 aromatic heterocycles. The lowest BCUT2D eigenvalue weighted by molar-refractivity contribution is -0.108. The Morgan fingerprint density at radius 3 is 2.12 bits per heavy atom. The van der Waals surface area contributed by atoms with Crippen LogP contribution in [0.15, 0.2) is 48.5 Å². The summed E-state index contributed by atoms with van der Waals surface area (Å²) in [5.41, 5.74) is 4.55. The average Bonchev–Trinajstić information content (AvgIpc) is 2.93. The molecule has 136 valence electrons. The van der Waals surface area contributed by atoms with Gasteiger partial charge in [-0.25, -0.2) is 4.79 Å². The first-order chi connectivity index (χ1) is 12.4. The molecule has 1 amide bonds. The van der Waals surface area contributed by atoms with Gasteiger partial charge in [-0.2, -0.15) is 0 Å². The molecule has 2 aromatic rings. The van der Waals surface area contributed by atoms with Gasteiger partial charge in [-0.05, 0) is 27.7 Å². The maximum atomic E-state index is 12.3. The highest BCUT2D eigenvalue weighted by molar-refractivity contribution is 5.79. The van der Waals surface area contributed by atoms with Crippen LogP contribution in [0.5, 0.6) is 0 Å². The largest absolute Gasteiger partial charge is 0.449 e. The van der Waals surface area contributed by atoms with Crippen molar-refractivity contribution in [2.45, 2.75) is 39.2 Å². The SMILES string of the molecule is CC(C)(C)[C@H](CC=O)NC(=O)OCC1c2ccccc2-c2ccccc21. The molecule has 0 spiro atoms. The van der Waals surface area contributed by atoms with Gasteiger partial charge in [-0.15, -0.1) is 0 Å². The second-order valence-corrected chi connectivity index (χ2v) is 7.79. The van der Waals surface area contributed by atoms with Crippen LogP contribution in [0, 0.1) is 5.41 Å². The Bertz CT molecular complexity index is 762. The van der Waals surface area contributed by atoms with Crippen molar-refractivity contribution >= 4 is 12.4 Å². The fourth-order valence-electron chi connectivity index (χ4n) is 3.51. The van der Waals surface area contributed by atoms with E-state index < -0.39 is 6.09 Å². The number of fused-ring (bicyclic) bond motifs is 3. The van der Waals surface area contributed by atoms with E-state index in [4.69, 9.17) is 4.74 Å². The van der Waals surface area contributed by atoms with Crippen LogP contribution in [-0.4, -0.2) is 25.0 Å². The van der Waals surface area contributed by atoms with Crippen LogP contribution in [0.3, 0.4) is 0 Å². The highest BCUT2D eigenvalue weighted by atomic mass is 16.5. The molecule has 0 aliphatic heterocycles. The number of carbonyl (C=O) groups is 2. The zero-order valence-corrected chi connectivity index (χ0v) is 15.5. The zero-order valence-electron chi connectivity index (χ0n) is 15.5. The highest BCUT2D eigenvalue weighted by Gasteiger charge is 2.30. The van der Waals surface area contributed by atoms with Gasteiger partial charge < -0.3 is 14.8 Å². The number of amides is 1. The first kappa shape index (κ1) is 18.2. The van der Waals surface area contributed by atoms with Gasteiger partial charge in [-0.3, -0.25) is 0 Å². The Hall–Kier alpha value is -2.62. The summed E-state index contributed by atoms with van der Waals surface area (Å²) in [6.45, 7) is 6.25. The lowest BCUT2D eigenvalue weighted by Gasteiger charge is -2.29. The van der Waals surface area contributed by atoms with Crippen LogP contribution >= 0.6 is 0 Å². The van der Waals surface area contributed by atoms with Gasteiger partial charge in [0.2, 0.25) is 0 Å². The van der Waals surface area contributed by atoms with Crippen molar-refractivity contribution in [3.63, 3.8) is 0 Å². The minimum Gasteiger partial charge on any atom is -0.449 e. The van der Waals surface area contributed by atoms with Gasteiger partial charge in [0.05, 0.1) is 0 Å². The molecule has 0 bridgehead atoms. The number of nitrogens with one attached hydrogen (secondary N) is 1. The molecule has 0 unspecified atom stereocenters. The highest BCUT2D eigenvalue weighted by Crippen LogP contribution is 2.44. The second-order valence-electron chi connectivity index (χ2n) is 7.79. The van der Waals surface area contributed by atoms with Crippen molar-refractivity contribution in [1.82, 2.24) is 5.32 Å². The number of rotatable bonds is 5. The molecular weight excluding hydrogens is 326 g/mol. The van der Waals surface area contributed by atoms with Gasteiger partial charge >= 0.3 is 6.09 Å². The summed E-state index contributed by atoms with van der Waals surface area (Å²) >= 11 is 0. The van der Waals surface area contributed by atoms with Gasteiger partial charge in [0.15, 0.2) is 0 Å². The first-order valence-electron chi connectivity index (χ1n) is 8.97. The molecular formula is C22H25NO3. The maximum absolute atomic E-state index is 12.3. The number of aldehydes is 1. The summed E-state index contributed by atoms with van der Waals surface area (Å²) in [5.74, 6) is 0.0345. The Morgan fingerprint density at radius 1 is 1.08 bits per heavy atom. The number of hydrogen-bond acceptors (Lipinski definition) is 3. The second kappa shape index (κ2) is 7.32. The molecule has 26 heavy (non-hydrogen) atoms. The quantitative estimate of drug-likeness (QED) is 0.805. The summed E-state index contributed by atoms with van der Waals surface area (Å²) in [4.78, 5) is 23.2. The Labute approximate surface area is 154 Å². The number of hydrogen-bond donors (Lipinski definition) is 1. The van der Waals surface area contributed by atoms with Crippen molar-refractivity contribution in [1.29, 1.82) is 0 Å². The first-order valence-corrected chi connectivity index (χ1v) is 8.97. The molecule has 0 fully saturated rings. The Balaban J connectivity index is 1.72. The summed E-state index contributed by atoms with van der Waals surface area (Å²) in [7, 11) is 0. The van der Waals surface area contributed by atoms with Crippen LogP contribution in [0.4, 0.5) is 4.79 Å². The van der Waals surface area contributed by atoms with Crippen molar-refractivity contribution < 1.29 is 14.3 Å². The van der Waals surface area contributed by atoms with E-state index in [1.165, 1.54) is 22.3 Å². The summed E-state index contributed by atoms with van der Waals surface area (Å²) in [5, 5.41) is 2.84. The Kier molecular flexibility index (Phi) is 5.12. The summed E-state index contributed by atoms with van der Waals surface area (Å²) in [6.07, 6.45) is 0.626. The van der Waals surface area contributed by atoms with E-state index in [1.807, 2.05) is 45.0 Å². The fourth-order valence-corrected chi connectivity index (χ4v) is 3.51. The molecule has 1 atom stereocenters. The maximum Gasteiger partial charge on any atom is 0.407 e. The molecule has 4 nitrogen and oxygen atoms in total. The molecule has 0 saturated heterocycles. The van der Waals surface area contributed by atoms with E-state index in [2.05, 4.69) is 29.6 Å². The standard InChI is InChI=1S/C22H25NO3/c1-22(2,3)20(12-13-24)23-21(25)26-14-19-17-10-6-4-8-15(17)16-9-5-7-11-18(16)19/h4-11,13,19-20H,12,14H2,1-3H3,(H,23,25)/t20-/m0/s1. The lowest BCUT2D eigenvalue weighted by atomic mass is 9.85. The predicted octanol–water partition coefficient (Wildman–Crippen LogP) is 4.53. The van der Waals surface area contributed by atoms with Crippen LogP contribution in [-0.2, 0) is 9.53 Å². The molecule has 3 rings (SSSR count). The van der Waals surface area contributed by atoms with E-state index in [0.717, 1.165) is 6.29 Å². The van der Waals surface area contributed by atoms with Crippen LogP contribution in [0.1, 0.15) is 44.2 Å². The topological polar surface area (TPSA) is 55.4 Å². The third-order valence-electron chi connectivity index (χ3n) is 5.01. The molecule has 1 aliphatic rings. The van der Waals surface area contributed by atoms with Gasteiger partial charge in [-0.1, -0.05) is 69.3 Å². The van der Waals surface area contributed by atoms with E-state index in [9.17, 15) is 9.59 Å². The third kappa shape index (κ3) is 3.64. The van der Waals surface area contributed by atoms with Crippen molar-refractivity contribution in [3.8, 4) is 11.1 Å². The van der Waals surface area contributed by atoms with E-state index in [-0.39, 0.29) is 30.4 Å². The monoisotopic (exact) mass is 351 g/mol. The molecule has 1 aliphatic carbocycles. The molecule has 1 N–H and O–H groups in total. The number of carbonyl (C=O) groups excluding carboxylic acids is 2. The molecule has 0 heterocycles. The van der Waals surface area contributed by atoms with Crippen molar-refractivity contribution in [2.24, 2.45) is 5.41 Å². The molecule has 0 saturated carbocycles. The third-order valence-corrected chi connectivity index (χ3v) is 5.01. The lowest BCUT2D eigenvalue weighted by Crippen LogP contribution is -2.44. The molecule has 4 heteroatoms. The van der Waals surface area contributed by atoms with Crippen molar-refractivity contribution in [3.05, 3.63) is 59.7 Å². The minimum absolute atomic E-state index is 0.0345. The zero-order chi connectivity index (χ0) is 18.7. The number of benzene rings is 2. The summed E-state index contributed by atoms with van der Waals surface area (Å²) < 4.78 is 5.55. The smallest absolute Gasteiger partial charge is 0.407 e. The number of ether oxygens (including phenoxy) is 1. The fraction of sp³-hybridized carbons (Fsp3) is 0.364. The molecule has 2 aromatic carbocycles.